The van der Waals surface area contributed by atoms with Gasteiger partial charge in [-0.05, 0) is 74.0 Å². The van der Waals surface area contributed by atoms with Crippen LogP contribution in [0.15, 0.2) is 66.7 Å². The third-order valence-electron chi connectivity index (χ3n) is 5.10. The molecule has 0 saturated carbocycles. The summed E-state index contributed by atoms with van der Waals surface area (Å²) in [6.45, 7) is 4.30. The van der Waals surface area contributed by atoms with Gasteiger partial charge >= 0.3 is 0 Å². The highest BCUT2D eigenvalue weighted by atomic mass is 19.1. The lowest BCUT2D eigenvalue weighted by Crippen LogP contribution is -2.46. The molecule has 3 aromatic rings. The average Bonchev–Trinajstić information content (AvgIpc) is 2.77. The lowest BCUT2D eigenvalue weighted by Gasteiger charge is -2.33. The molecule has 7 heteroatoms. The van der Waals surface area contributed by atoms with E-state index in [4.69, 9.17) is 9.47 Å². The second-order valence-electron chi connectivity index (χ2n) is 7.56. The topological polar surface area (TPSA) is 67.9 Å². The molecular formula is C25H23FN2O4. The van der Waals surface area contributed by atoms with E-state index in [1.54, 1.807) is 30.0 Å². The first-order valence-corrected chi connectivity index (χ1v) is 10.3. The Balaban J connectivity index is 1.50. The largest absolute Gasteiger partial charge is 0.492 e. The number of benzene rings is 3. The Morgan fingerprint density at radius 2 is 1.91 bits per heavy atom. The first-order valence-electron chi connectivity index (χ1n) is 10.3. The lowest BCUT2D eigenvalue weighted by atomic mass is 10.1. The van der Waals surface area contributed by atoms with Crippen molar-refractivity contribution in [2.75, 3.05) is 23.4 Å². The van der Waals surface area contributed by atoms with Crippen LogP contribution in [0.25, 0.3) is 0 Å². The number of hydrogen-bond donors (Lipinski definition) is 1. The molecule has 0 fully saturated rings. The van der Waals surface area contributed by atoms with Crippen molar-refractivity contribution in [1.82, 2.24) is 0 Å². The van der Waals surface area contributed by atoms with Gasteiger partial charge in [-0.15, -0.1) is 0 Å². The van der Waals surface area contributed by atoms with Crippen LogP contribution >= 0.6 is 0 Å². The maximum Gasteiger partial charge on any atom is 0.267 e. The average molecular weight is 434 g/mol. The fourth-order valence-corrected chi connectivity index (χ4v) is 3.48. The summed E-state index contributed by atoms with van der Waals surface area (Å²) in [6.07, 6.45) is -0.624. The molecule has 0 spiro atoms. The molecule has 32 heavy (non-hydrogen) atoms. The van der Waals surface area contributed by atoms with Crippen molar-refractivity contribution in [2.24, 2.45) is 0 Å². The van der Waals surface area contributed by atoms with Gasteiger partial charge in [0.1, 0.15) is 23.9 Å². The van der Waals surface area contributed by atoms with Gasteiger partial charge in [-0.3, -0.25) is 9.59 Å². The highest BCUT2D eigenvalue weighted by molar-refractivity contribution is 6.05. The van der Waals surface area contributed by atoms with Gasteiger partial charge in [-0.2, -0.15) is 0 Å². The molecule has 1 N–H and O–H groups in total. The van der Waals surface area contributed by atoms with E-state index in [0.717, 1.165) is 11.3 Å². The number of amides is 2. The Hall–Kier alpha value is -3.87. The maximum absolute atomic E-state index is 13.1. The maximum atomic E-state index is 13.1. The van der Waals surface area contributed by atoms with Gasteiger partial charge < -0.3 is 19.7 Å². The molecule has 1 unspecified atom stereocenters. The van der Waals surface area contributed by atoms with Crippen LogP contribution in [0.1, 0.15) is 22.8 Å². The molecule has 0 bridgehead atoms. The van der Waals surface area contributed by atoms with Crippen molar-refractivity contribution in [3.8, 4) is 11.5 Å². The van der Waals surface area contributed by atoms with E-state index in [1.807, 2.05) is 31.2 Å². The van der Waals surface area contributed by atoms with Gasteiger partial charge in [0, 0.05) is 11.3 Å². The number of halogens is 1. The molecule has 0 saturated heterocycles. The highest BCUT2D eigenvalue weighted by Crippen LogP contribution is 2.36. The third kappa shape index (κ3) is 4.72. The van der Waals surface area contributed by atoms with Crippen LogP contribution in [0.2, 0.25) is 0 Å². The predicted octanol–water partition coefficient (Wildman–Crippen LogP) is 4.58. The van der Waals surface area contributed by atoms with Gasteiger partial charge in [0.15, 0.2) is 6.10 Å². The van der Waals surface area contributed by atoms with Gasteiger partial charge in [0.05, 0.1) is 12.2 Å². The van der Waals surface area contributed by atoms with Crippen molar-refractivity contribution < 1.29 is 23.5 Å². The van der Waals surface area contributed by atoms with Crippen LogP contribution < -0.4 is 19.7 Å². The number of fused-ring (bicyclic) bond motifs is 1. The molecule has 1 aliphatic rings. The van der Waals surface area contributed by atoms with E-state index in [1.165, 1.54) is 24.3 Å². The van der Waals surface area contributed by atoms with Crippen molar-refractivity contribution >= 4 is 23.2 Å². The number of aryl methyl sites for hydroxylation is 1. The van der Waals surface area contributed by atoms with Gasteiger partial charge in [-0.1, -0.05) is 12.1 Å². The normalized spacial score (nSPS) is 15.0. The monoisotopic (exact) mass is 434 g/mol. The first kappa shape index (κ1) is 21.4. The van der Waals surface area contributed by atoms with Crippen LogP contribution in [-0.4, -0.2) is 31.1 Å². The molecule has 2 amide bonds. The quantitative estimate of drug-likeness (QED) is 0.617. The van der Waals surface area contributed by atoms with Gasteiger partial charge in [0.25, 0.3) is 11.8 Å². The van der Waals surface area contributed by atoms with E-state index >= 15 is 0 Å². The van der Waals surface area contributed by atoms with E-state index in [-0.39, 0.29) is 11.8 Å². The van der Waals surface area contributed by atoms with E-state index in [9.17, 15) is 14.0 Å². The Bertz CT molecular complexity index is 1150. The summed E-state index contributed by atoms with van der Waals surface area (Å²) in [5, 5.41) is 2.78. The number of ether oxygens (including phenoxy) is 2. The summed E-state index contributed by atoms with van der Waals surface area (Å²) >= 11 is 0. The summed E-state index contributed by atoms with van der Waals surface area (Å²) in [7, 11) is 0. The number of anilines is 2. The molecule has 1 atom stereocenters. The molecule has 4 rings (SSSR count). The summed E-state index contributed by atoms with van der Waals surface area (Å²) in [6, 6.07) is 18.1. The van der Waals surface area contributed by atoms with Crippen LogP contribution in [0.5, 0.6) is 11.5 Å². The van der Waals surface area contributed by atoms with Crippen LogP contribution in [0.4, 0.5) is 15.8 Å². The zero-order valence-corrected chi connectivity index (χ0v) is 17.8. The van der Waals surface area contributed by atoms with Crippen LogP contribution in [-0.2, 0) is 4.79 Å². The minimum absolute atomic E-state index is 0.188. The molecule has 1 aliphatic heterocycles. The number of nitrogens with zero attached hydrogens (tertiary/aromatic N) is 1. The number of carbonyl (C=O) groups is 2. The molecule has 0 aliphatic carbocycles. The van der Waals surface area contributed by atoms with Crippen molar-refractivity contribution in [3.63, 3.8) is 0 Å². The Morgan fingerprint density at radius 1 is 1.12 bits per heavy atom. The fourth-order valence-electron chi connectivity index (χ4n) is 3.48. The summed E-state index contributed by atoms with van der Waals surface area (Å²) in [4.78, 5) is 26.9. The van der Waals surface area contributed by atoms with Gasteiger partial charge in [-0.25, -0.2) is 4.39 Å². The molecular weight excluding hydrogens is 411 g/mol. The zero-order valence-electron chi connectivity index (χ0n) is 17.8. The first-order chi connectivity index (χ1) is 15.4. The van der Waals surface area contributed by atoms with Crippen molar-refractivity contribution in [2.45, 2.75) is 20.0 Å². The van der Waals surface area contributed by atoms with Crippen molar-refractivity contribution in [3.05, 3.63) is 83.7 Å². The molecule has 164 valence electrons. The Kier molecular flexibility index (Phi) is 6.07. The van der Waals surface area contributed by atoms with Gasteiger partial charge in [0.2, 0.25) is 0 Å². The number of carbonyl (C=O) groups excluding carboxylic acids is 2. The standard InChI is InChI=1S/C25H23FN2O4/c1-16-4-3-5-21(14-16)31-13-12-28-22-15-20(10-11-23(22)32-17(2)25(28)30)27-24(29)18-6-8-19(26)9-7-18/h3-11,14-15,17H,12-13H2,1-2H3,(H,27,29). The lowest BCUT2D eigenvalue weighted by molar-refractivity contribution is -0.125. The Morgan fingerprint density at radius 3 is 2.66 bits per heavy atom. The smallest absolute Gasteiger partial charge is 0.267 e. The minimum Gasteiger partial charge on any atom is -0.492 e. The summed E-state index contributed by atoms with van der Waals surface area (Å²) in [5.41, 5.74) is 2.46. The second kappa shape index (κ2) is 9.09. The molecule has 3 aromatic carbocycles. The number of nitrogens with one attached hydrogen (secondary N) is 1. The Labute approximate surface area is 185 Å². The molecule has 6 nitrogen and oxygen atoms in total. The summed E-state index contributed by atoms with van der Waals surface area (Å²) < 4.78 is 24.7. The molecule has 1 heterocycles. The van der Waals surface area contributed by atoms with Crippen LogP contribution in [0.3, 0.4) is 0 Å². The highest BCUT2D eigenvalue weighted by Gasteiger charge is 2.31. The molecule has 0 aromatic heterocycles. The van der Waals surface area contributed by atoms with Crippen LogP contribution in [0, 0.1) is 12.7 Å². The van der Waals surface area contributed by atoms with E-state index < -0.39 is 11.9 Å². The fraction of sp³-hybridized carbons (Fsp3) is 0.200. The SMILES string of the molecule is Cc1cccc(OCCN2C(=O)C(C)Oc3ccc(NC(=O)c4ccc(F)cc4)cc32)c1. The number of rotatable bonds is 6. The van der Waals surface area contributed by atoms with E-state index in [2.05, 4.69) is 5.32 Å². The predicted molar refractivity (Wildman–Crippen MR) is 120 cm³/mol. The second-order valence-corrected chi connectivity index (χ2v) is 7.56. The van der Waals surface area contributed by atoms with E-state index in [0.29, 0.717) is 35.8 Å². The molecule has 0 radical (unpaired) electrons. The third-order valence-corrected chi connectivity index (χ3v) is 5.10. The minimum atomic E-state index is -0.624. The zero-order chi connectivity index (χ0) is 22.7. The van der Waals surface area contributed by atoms with Crippen molar-refractivity contribution in [1.29, 1.82) is 0 Å². The summed E-state index contributed by atoms with van der Waals surface area (Å²) in [5.74, 6) is 0.304. The number of hydrogen-bond acceptors (Lipinski definition) is 4.